The Balaban J connectivity index is 2.22. The number of aliphatic hydroxyl groups is 1. The summed E-state index contributed by atoms with van der Waals surface area (Å²) in [6, 6.07) is 3.34. The standard InChI is InChI=1S/C14H17N3O3S/c15-10-8-17-11-2-3-12-9(4-7-21(12,19)20)13(11)14(10)16-5-1-6-18/h2-3,8,18H,1,4-7,15H2,(H,16,17). The van der Waals surface area contributed by atoms with Crippen molar-refractivity contribution in [1.82, 2.24) is 4.98 Å². The predicted molar refractivity (Wildman–Crippen MR) is 82.1 cm³/mol. The molecule has 1 aliphatic rings. The summed E-state index contributed by atoms with van der Waals surface area (Å²) < 4.78 is 24.1. The molecule has 2 heterocycles. The van der Waals surface area contributed by atoms with E-state index >= 15 is 0 Å². The van der Waals surface area contributed by atoms with Gasteiger partial charge in [0.25, 0.3) is 0 Å². The average Bonchev–Trinajstić information content (AvgIpc) is 2.77. The van der Waals surface area contributed by atoms with Crippen LogP contribution in [-0.4, -0.2) is 37.4 Å². The fourth-order valence-corrected chi connectivity index (χ4v) is 4.27. The SMILES string of the molecule is Nc1cnc2ccc3c(c2c1NCCCO)CCS3(=O)=O. The van der Waals surface area contributed by atoms with Gasteiger partial charge in [0.2, 0.25) is 0 Å². The maximum atomic E-state index is 12.0. The number of benzene rings is 1. The van der Waals surface area contributed by atoms with Crippen LogP contribution in [0.5, 0.6) is 0 Å². The van der Waals surface area contributed by atoms with E-state index in [0.717, 1.165) is 16.5 Å². The summed E-state index contributed by atoms with van der Waals surface area (Å²) in [6.45, 7) is 0.651. The highest BCUT2D eigenvalue weighted by Crippen LogP contribution is 2.37. The lowest BCUT2D eigenvalue weighted by Gasteiger charge is -2.14. The van der Waals surface area contributed by atoms with Crippen LogP contribution in [0.25, 0.3) is 10.9 Å². The van der Waals surface area contributed by atoms with Gasteiger partial charge in [0.05, 0.1) is 33.7 Å². The van der Waals surface area contributed by atoms with E-state index in [0.29, 0.717) is 35.7 Å². The first-order chi connectivity index (χ1) is 10.0. The van der Waals surface area contributed by atoms with Crippen molar-refractivity contribution in [2.24, 2.45) is 0 Å². The van der Waals surface area contributed by atoms with E-state index < -0.39 is 9.84 Å². The van der Waals surface area contributed by atoms with E-state index in [1.807, 2.05) is 0 Å². The van der Waals surface area contributed by atoms with Gasteiger partial charge in [-0.15, -0.1) is 0 Å². The molecule has 0 atom stereocenters. The molecular weight excluding hydrogens is 290 g/mol. The maximum Gasteiger partial charge on any atom is 0.179 e. The third kappa shape index (κ3) is 2.32. The van der Waals surface area contributed by atoms with E-state index in [1.54, 1.807) is 18.3 Å². The summed E-state index contributed by atoms with van der Waals surface area (Å²) in [4.78, 5) is 4.67. The van der Waals surface area contributed by atoms with E-state index in [9.17, 15) is 8.42 Å². The monoisotopic (exact) mass is 307 g/mol. The van der Waals surface area contributed by atoms with Crippen molar-refractivity contribution in [3.8, 4) is 0 Å². The Morgan fingerprint density at radius 3 is 2.95 bits per heavy atom. The van der Waals surface area contributed by atoms with Crippen LogP contribution in [0.1, 0.15) is 12.0 Å². The molecule has 1 aromatic heterocycles. The van der Waals surface area contributed by atoms with Gasteiger partial charge in [-0.2, -0.15) is 0 Å². The molecule has 0 fully saturated rings. The predicted octanol–water partition coefficient (Wildman–Crippen LogP) is 0.941. The van der Waals surface area contributed by atoms with Crippen molar-refractivity contribution in [3.63, 3.8) is 0 Å². The first kappa shape index (κ1) is 14.1. The summed E-state index contributed by atoms with van der Waals surface area (Å²) in [5.41, 5.74) is 8.71. The number of anilines is 2. The third-order valence-electron chi connectivity index (χ3n) is 3.72. The van der Waals surface area contributed by atoms with Crippen molar-refractivity contribution in [2.45, 2.75) is 17.7 Å². The number of hydrogen-bond acceptors (Lipinski definition) is 6. The first-order valence-corrected chi connectivity index (χ1v) is 8.47. The highest BCUT2D eigenvalue weighted by atomic mass is 32.2. The molecule has 7 heteroatoms. The molecule has 112 valence electrons. The molecule has 21 heavy (non-hydrogen) atoms. The second-order valence-electron chi connectivity index (χ2n) is 5.10. The van der Waals surface area contributed by atoms with Crippen molar-refractivity contribution < 1.29 is 13.5 Å². The van der Waals surface area contributed by atoms with Crippen molar-refractivity contribution in [2.75, 3.05) is 30.0 Å². The van der Waals surface area contributed by atoms with E-state index in [2.05, 4.69) is 10.3 Å². The molecule has 0 bridgehead atoms. The molecule has 1 aromatic carbocycles. The minimum Gasteiger partial charge on any atom is -0.396 e. The molecule has 0 amide bonds. The molecular formula is C14H17N3O3S. The quantitative estimate of drug-likeness (QED) is 0.726. The molecule has 0 saturated heterocycles. The minimum atomic E-state index is -3.19. The highest BCUT2D eigenvalue weighted by Gasteiger charge is 2.29. The van der Waals surface area contributed by atoms with E-state index in [4.69, 9.17) is 10.8 Å². The molecule has 3 rings (SSSR count). The number of rotatable bonds is 4. The van der Waals surface area contributed by atoms with Crippen molar-refractivity contribution in [1.29, 1.82) is 0 Å². The second kappa shape index (κ2) is 5.16. The van der Waals surface area contributed by atoms with E-state index in [1.165, 1.54) is 0 Å². The van der Waals surface area contributed by atoms with Crippen molar-refractivity contribution in [3.05, 3.63) is 23.9 Å². The average molecular weight is 307 g/mol. The molecule has 0 aliphatic carbocycles. The van der Waals surface area contributed by atoms with Gasteiger partial charge in [-0.05, 0) is 30.5 Å². The zero-order valence-corrected chi connectivity index (χ0v) is 12.3. The number of aliphatic hydroxyl groups excluding tert-OH is 1. The van der Waals surface area contributed by atoms with Gasteiger partial charge in [-0.1, -0.05) is 0 Å². The lowest BCUT2D eigenvalue weighted by molar-refractivity contribution is 0.292. The zero-order valence-electron chi connectivity index (χ0n) is 11.5. The van der Waals surface area contributed by atoms with Gasteiger partial charge in [-0.3, -0.25) is 4.98 Å². The zero-order chi connectivity index (χ0) is 15.0. The topological polar surface area (TPSA) is 105 Å². The molecule has 0 saturated carbocycles. The van der Waals surface area contributed by atoms with Crippen LogP contribution < -0.4 is 11.1 Å². The number of aromatic nitrogens is 1. The van der Waals surface area contributed by atoms with Gasteiger partial charge in [0.1, 0.15) is 0 Å². The Hall–Kier alpha value is -1.86. The number of pyridine rings is 1. The summed E-state index contributed by atoms with van der Waals surface area (Å²) >= 11 is 0. The molecule has 6 nitrogen and oxygen atoms in total. The number of sulfone groups is 1. The number of hydrogen-bond donors (Lipinski definition) is 3. The molecule has 0 radical (unpaired) electrons. The first-order valence-electron chi connectivity index (χ1n) is 6.82. The number of aryl methyl sites for hydroxylation is 1. The Bertz CT molecular complexity index is 803. The van der Waals surface area contributed by atoms with Gasteiger partial charge in [-0.25, -0.2) is 8.42 Å². The summed E-state index contributed by atoms with van der Waals surface area (Å²) in [5, 5.41) is 12.9. The van der Waals surface area contributed by atoms with Gasteiger partial charge in [0.15, 0.2) is 9.84 Å². The Labute approximate surface area is 122 Å². The summed E-state index contributed by atoms with van der Waals surface area (Å²) in [6.07, 6.45) is 2.64. The van der Waals surface area contributed by atoms with Crippen LogP contribution in [0.2, 0.25) is 0 Å². The summed E-state index contributed by atoms with van der Waals surface area (Å²) in [5.74, 6) is 0.131. The van der Waals surface area contributed by atoms with Crippen LogP contribution in [0, 0.1) is 0 Å². The smallest absolute Gasteiger partial charge is 0.179 e. The molecule has 4 N–H and O–H groups in total. The Kier molecular flexibility index (Phi) is 3.46. The number of nitrogens with one attached hydrogen (secondary N) is 1. The Morgan fingerprint density at radius 2 is 2.19 bits per heavy atom. The number of nitrogens with two attached hydrogens (primary N) is 1. The fourth-order valence-electron chi connectivity index (χ4n) is 2.72. The van der Waals surface area contributed by atoms with Crippen LogP contribution >= 0.6 is 0 Å². The third-order valence-corrected chi connectivity index (χ3v) is 5.52. The Morgan fingerprint density at radius 1 is 1.38 bits per heavy atom. The lowest BCUT2D eigenvalue weighted by atomic mass is 10.0. The number of nitrogen functional groups attached to an aromatic ring is 1. The van der Waals surface area contributed by atoms with Crippen LogP contribution in [0.15, 0.2) is 23.2 Å². The molecule has 0 unspecified atom stereocenters. The normalized spacial score (nSPS) is 16.0. The second-order valence-corrected chi connectivity index (χ2v) is 7.18. The molecule has 1 aliphatic heterocycles. The van der Waals surface area contributed by atoms with Crippen LogP contribution in [0.4, 0.5) is 11.4 Å². The van der Waals surface area contributed by atoms with Crippen LogP contribution in [0.3, 0.4) is 0 Å². The molecule has 0 spiro atoms. The van der Waals surface area contributed by atoms with Gasteiger partial charge >= 0.3 is 0 Å². The number of fused-ring (bicyclic) bond motifs is 3. The van der Waals surface area contributed by atoms with Gasteiger partial charge in [0, 0.05) is 18.5 Å². The number of nitrogens with zero attached hydrogens (tertiary/aromatic N) is 1. The van der Waals surface area contributed by atoms with Crippen LogP contribution in [-0.2, 0) is 16.3 Å². The molecule has 2 aromatic rings. The summed E-state index contributed by atoms with van der Waals surface area (Å²) in [7, 11) is -3.19. The highest BCUT2D eigenvalue weighted by molar-refractivity contribution is 7.91. The van der Waals surface area contributed by atoms with Crippen molar-refractivity contribution >= 4 is 32.1 Å². The van der Waals surface area contributed by atoms with Gasteiger partial charge < -0.3 is 16.2 Å². The maximum absolute atomic E-state index is 12.0. The van der Waals surface area contributed by atoms with E-state index in [-0.39, 0.29) is 12.4 Å². The largest absolute Gasteiger partial charge is 0.396 e. The minimum absolute atomic E-state index is 0.0857. The lowest BCUT2D eigenvalue weighted by Crippen LogP contribution is -2.08. The fraction of sp³-hybridized carbons (Fsp3) is 0.357.